The van der Waals surface area contributed by atoms with E-state index >= 15 is 0 Å². The van der Waals surface area contributed by atoms with E-state index in [1.807, 2.05) is 13.8 Å². The first kappa shape index (κ1) is 14.2. The monoisotopic (exact) mass is 237 g/mol. The Kier molecular flexibility index (Phi) is 5.09. The number of halogens is 3. The van der Waals surface area contributed by atoms with Crippen LogP contribution in [-0.2, 0) is 6.18 Å². The third kappa shape index (κ3) is 3.71. The summed E-state index contributed by atoms with van der Waals surface area (Å²) in [4.78, 5) is 0. The molecule has 0 amide bonds. The molecule has 1 rings (SSSR count). The minimum atomic E-state index is -4.30. The van der Waals surface area contributed by atoms with Crippen LogP contribution < -0.4 is 11.0 Å². The molecule has 1 nitrogen and oxygen atoms in total. The zero-order chi connectivity index (χ0) is 12.2. The van der Waals surface area contributed by atoms with Gasteiger partial charge in [-0.15, -0.1) is 9.24 Å². The minimum Gasteiger partial charge on any atom is -0.398 e. The van der Waals surface area contributed by atoms with Gasteiger partial charge in [0.25, 0.3) is 0 Å². The van der Waals surface area contributed by atoms with Gasteiger partial charge >= 0.3 is 6.18 Å². The van der Waals surface area contributed by atoms with Crippen molar-refractivity contribution in [1.29, 1.82) is 0 Å². The van der Waals surface area contributed by atoms with Gasteiger partial charge in [0.05, 0.1) is 5.56 Å². The molecular formula is C10H15F3NP. The molecule has 2 N–H and O–H groups in total. The first-order chi connectivity index (χ1) is 6.82. The molecule has 1 atom stereocenters. The number of hydrogen-bond donors (Lipinski definition) is 1. The summed E-state index contributed by atoms with van der Waals surface area (Å²) >= 11 is 0. The number of rotatable bonds is 0. The van der Waals surface area contributed by atoms with Gasteiger partial charge in [0.1, 0.15) is 0 Å². The second kappa shape index (κ2) is 5.36. The zero-order valence-electron chi connectivity index (χ0n) is 8.94. The highest BCUT2D eigenvalue weighted by Crippen LogP contribution is 2.30. The van der Waals surface area contributed by atoms with E-state index in [9.17, 15) is 13.2 Å². The molecule has 1 aromatic carbocycles. The predicted molar refractivity (Wildman–Crippen MR) is 61.3 cm³/mol. The molecule has 15 heavy (non-hydrogen) atoms. The van der Waals surface area contributed by atoms with Gasteiger partial charge in [-0.25, -0.2) is 0 Å². The van der Waals surface area contributed by atoms with E-state index in [4.69, 9.17) is 5.73 Å². The number of hydrogen-bond acceptors (Lipinski definition) is 1. The molecule has 1 unspecified atom stereocenters. The number of nitrogen functional groups attached to an aromatic ring is 1. The van der Waals surface area contributed by atoms with Crippen LogP contribution in [0, 0.1) is 6.92 Å². The highest BCUT2D eigenvalue weighted by Gasteiger charge is 2.31. The van der Waals surface area contributed by atoms with Crippen molar-refractivity contribution in [2.24, 2.45) is 0 Å². The molecule has 0 fully saturated rings. The molecule has 0 saturated carbocycles. The normalized spacial score (nSPS) is 10.6. The summed E-state index contributed by atoms with van der Waals surface area (Å²) in [5.41, 5.74) is 5.67. The Morgan fingerprint density at radius 3 is 2.00 bits per heavy atom. The summed E-state index contributed by atoms with van der Waals surface area (Å²) in [6.07, 6.45) is -4.30. The van der Waals surface area contributed by atoms with Crippen molar-refractivity contribution in [3.05, 3.63) is 23.3 Å². The summed E-state index contributed by atoms with van der Waals surface area (Å²) in [7, 11) is 2.19. The molecule has 0 radical (unpaired) electrons. The Labute approximate surface area is 90.1 Å². The van der Waals surface area contributed by atoms with Gasteiger partial charge in [0.2, 0.25) is 0 Å². The first-order valence-corrected chi connectivity index (χ1v) is 5.13. The molecule has 5 heteroatoms. The highest BCUT2D eigenvalue weighted by molar-refractivity contribution is 7.28. The number of benzene rings is 1. The van der Waals surface area contributed by atoms with Crippen LogP contribution in [0.1, 0.15) is 25.0 Å². The quantitative estimate of drug-likeness (QED) is 0.544. The van der Waals surface area contributed by atoms with Gasteiger partial charge < -0.3 is 5.73 Å². The SMILES string of the molecule is CC.Cc1cc(C(F)(F)F)cc(P)c1N. The fourth-order valence-corrected chi connectivity index (χ4v) is 1.40. The van der Waals surface area contributed by atoms with Gasteiger partial charge in [-0.3, -0.25) is 0 Å². The fraction of sp³-hybridized carbons (Fsp3) is 0.400. The highest BCUT2D eigenvalue weighted by atomic mass is 31.0. The van der Waals surface area contributed by atoms with Crippen molar-refractivity contribution >= 4 is 20.2 Å². The van der Waals surface area contributed by atoms with E-state index < -0.39 is 11.7 Å². The lowest BCUT2D eigenvalue weighted by Gasteiger charge is -2.11. The molecule has 1 aromatic rings. The van der Waals surface area contributed by atoms with Gasteiger partial charge in [0.15, 0.2) is 0 Å². The van der Waals surface area contributed by atoms with Crippen LogP contribution in [0.4, 0.5) is 18.9 Å². The average Bonchev–Trinajstić information content (AvgIpc) is 2.15. The summed E-state index contributed by atoms with van der Waals surface area (Å²) in [5.74, 6) is 0. The van der Waals surface area contributed by atoms with E-state index in [1.54, 1.807) is 6.92 Å². The van der Waals surface area contributed by atoms with Gasteiger partial charge in [-0.1, -0.05) is 13.8 Å². The first-order valence-electron chi connectivity index (χ1n) is 4.55. The third-order valence-electron chi connectivity index (χ3n) is 1.75. The molecule has 0 bridgehead atoms. The molecule has 86 valence electrons. The topological polar surface area (TPSA) is 26.0 Å². The van der Waals surface area contributed by atoms with Crippen LogP contribution in [0.2, 0.25) is 0 Å². The van der Waals surface area contributed by atoms with Crippen molar-refractivity contribution in [1.82, 2.24) is 0 Å². The van der Waals surface area contributed by atoms with Crippen molar-refractivity contribution in [2.45, 2.75) is 26.9 Å². The van der Waals surface area contributed by atoms with Gasteiger partial charge in [-0.2, -0.15) is 13.2 Å². The van der Waals surface area contributed by atoms with Crippen molar-refractivity contribution < 1.29 is 13.2 Å². The van der Waals surface area contributed by atoms with E-state index in [0.29, 0.717) is 16.6 Å². The van der Waals surface area contributed by atoms with E-state index in [0.717, 1.165) is 12.1 Å². The number of anilines is 1. The maximum atomic E-state index is 12.2. The molecule has 0 aromatic heterocycles. The average molecular weight is 237 g/mol. The predicted octanol–water partition coefficient (Wildman–Crippen LogP) is 3.12. The summed E-state index contributed by atoms with van der Waals surface area (Å²) in [6.45, 7) is 5.55. The smallest absolute Gasteiger partial charge is 0.398 e. The molecule has 0 heterocycles. The van der Waals surface area contributed by atoms with Crippen molar-refractivity contribution in [2.75, 3.05) is 5.73 Å². The minimum absolute atomic E-state index is 0.382. The summed E-state index contributed by atoms with van der Waals surface area (Å²) in [6, 6.07) is 2.07. The van der Waals surface area contributed by atoms with E-state index in [2.05, 4.69) is 9.24 Å². The molecule has 0 saturated heterocycles. The lowest BCUT2D eigenvalue weighted by atomic mass is 10.1. The lowest BCUT2D eigenvalue weighted by molar-refractivity contribution is -0.137. The van der Waals surface area contributed by atoms with Gasteiger partial charge in [0, 0.05) is 5.69 Å². The number of alkyl halides is 3. The Balaban J connectivity index is 0.000000921. The third-order valence-corrected chi connectivity index (χ3v) is 2.22. The maximum absolute atomic E-state index is 12.2. The van der Waals surface area contributed by atoms with Crippen LogP contribution in [0.5, 0.6) is 0 Å². The summed E-state index contributed by atoms with van der Waals surface area (Å²) < 4.78 is 36.7. The van der Waals surface area contributed by atoms with Crippen LogP contribution >= 0.6 is 9.24 Å². The Morgan fingerprint density at radius 2 is 1.67 bits per heavy atom. The second-order valence-electron chi connectivity index (χ2n) is 2.79. The summed E-state index contributed by atoms with van der Waals surface area (Å²) in [5, 5.41) is 0.382. The Morgan fingerprint density at radius 1 is 1.20 bits per heavy atom. The molecule has 0 spiro atoms. The van der Waals surface area contributed by atoms with Crippen LogP contribution in [0.15, 0.2) is 12.1 Å². The molecule has 0 aliphatic rings. The molecule has 0 aliphatic heterocycles. The zero-order valence-corrected chi connectivity index (χ0v) is 10.1. The van der Waals surface area contributed by atoms with E-state index in [-0.39, 0.29) is 0 Å². The lowest BCUT2D eigenvalue weighted by Crippen LogP contribution is -2.12. The van der Waals surface area contributed by atoms with Crippen molar-refractivity contribution in [3.8, 4) is 0 Å². The maximum Gasteiger partial charge on any atom is 0.416 e. The van der Waals surface area contributed by atoms with Crippen LogP contribution in [-0.4, -0.2) is 0 Å². The Hall–Kier alpha value is -0.760. The second-order valence-corrected chi connectivity index (χ2v) is 3.42. The van der Waals surface area contributed by atoms with E-state index in [1.165, 1.54) is 0 Å². The van der Waals surface area contributed by atoms with Crippen molar-refractivity contribution in [3.63, 3.8) is 0 Å². The standard InChI is InChI=1S/C8H9F3NP.C2H6/c1-4-2-5(8(9,10)11)3-6(13)7(4)12;1-2/h2-3H,12-13H2,1H3;1-2H3. The number of nitrogens with two attached hydrogens (primary N) is 1. The fourth-order valence-electron chi connectivity index (χ4n) is 0.989. The van der Waals surface area contributed by atoms with Gasteiger partial charge in [-0.05, 0) is 29.9 Å². The van der Waals surface area contributed by atoms with Crippen LogP contribution in [0.3, 0.4) is 0 Å². The molecule has 0 aliphatic carbocycles. The largest absolute Gasteiger partial charge is 0.416 e. The molecular weight excluding hydrogens is 222 g/mol. The van der Waals surface area contributed by atoms with Crippen LogP contribution in [0.25, 0.3) is 0 Å². The Bertz CT molecular complexity index is 311. The number of aryl methyl sites for hydroxylation is 1.